The van der Waals surface area contributed by atoms with Crippen molar-refractivity contribution in [3.05, 3.63) is 41.2 Å². The molecule has 0 unspecified atom stereocenters. The molecule has 0 aliphatic carbocycles. The van der Waals surface area contributed by atoms with Crippen LogP contribution in [0.2, 0.25) is 5.02 Å². The highest BCUT2D eigenvalue weighted by molar-refractivity contribution is 7.89. The van der Waals surface area contributed by atoms with E-state index >= 15 is 0 Å². The van der Waals surface area contributed by atoms with Crippen LogP contribution in [0.4, 0.5) is 0 Å². The topological polar surface area (TPSA) is 115 Å². The fourth-order valence-electron chi connectivity index (χ4n) is 1.50. The molecule has 0 bridgehead atoms. The molecule has 0 aliphatic heterocycles. The lowest BCUT2D eigenvalue weighted by Gasteiger charge is -2.07. The third kappa shape index (κ3) is 2.75. The molecule has 2 aromatic rings. The summed E-state index contributed by atoms with van der Waals surface area (Å²) in [5, 5.41) is 18.3. The Bertz CT molecular complexity index is 754. The lowest BCUT2D eigenvalue weighted by Crippen LogP contribution is -2.14. The van der Waals surface area contributed by atoms with Crippen molar-refractivity contribution in [2.24, 2.45) is 5.14 Å². The number of hydrogen-bond acceptors (Lipinski definition) is 4. The SMILES string of the molecule is NS(=O)(=O)c1ccc(-n2cc(Cl)cn2)c(C(=O)O)c1. The fraction of sp³-hybridized carbons (Fsp3) is 0. The van der Waals surface area contributed by atoms with Gasteiger partial charge >= 0.3 is 5.97 Å². The van der Waals surface area contributed by atoms with Gasteiger partial charge in [-0.15, -0.1) is 0 Å². The highest BCUT2D eigenvalue weighted by atomic mass is 35.5. The van der Waals surface area contributed by atoms with Crippen LogP contribution in [0.5, 0.6) is 0 Å². The van der Waals surface area contributed by atoms with Gasteiger partial charge in [0.1, 0.15) is 0 Å². The Labute approximate surface area is 113 Å². The summed E-state index contributed by atoms with van der Waals surface area (Å²) in [6.45, 7) is 0. The van der Waals surface area contributed by atoms with Crippen molar-refractivity contribution in [3.63, 3.8) is 0 Å². The first-order valence-corrected chi connectivity index (χ1v) is 6.82. The molecule has 9 heteroatoms. The van der Waals surface area contributed by atoms with Gasteiger partial charge in [0.05, 0.1) is 27.4 Å². The van der Waals surface area contributed by atoms with E-state index in [-0.39, 0.29) is 16.1 Å². The van der Waals surface area contributed by atoms with Gasteiger partial charge in [0.15, 0.2) is 0 Å². The number of rotatable bonds is 3. The molecule has 2 rings (SSSR count). The van der Waals surface area contributed by atoms with Crippen molar-refractivity contribution in [2.75, 3.05) is 0 Å². The normalized spacial score (nSPS) is 11.5. The average Bonchev–Trinajstić information content (AvgIpc) is 2.73. The lowest BCUT2D eigenvalue weighted by molar-refractivity contribution is 0.0696. The number of carboxylic acid groups (broad SMARTS) is 1. The van der Waals surface area contributed by atoms with E-state index in [9.17, 15) is 13.2 Å². The molecule has 0 aliphatic rings. The smallest absolute Gasteiger partial charge is 0.337 e. The van der Waals surface area contributed by atoms with Crippen molar-refractivity contribution in [3.8, 4) is 5.69 Å². The van der Waals surface area contributed by atoms with E-state index in [2.05, 4.69) is 5.10 Å². The van der Waals surface area contributed by atoms with Crippen LogP contribution >= 0.6 is 11.6 Å². The van der Waals surface area contributed by atoms with E-state index in [1.165, 1.54) is 29.2 Å². The summed E-state index contributed by atoms with van der Waals surface area (Å²) in [4.78, 5) is 10.9. The quantitative estimate of drug-likeness (QED) is 0.872. The zero-order valence-corrected chi connectivity index (χ0v) is 10.9. The van der Waals surface area contributed by atoms with Gasteiger partial charge in [-0.25, -0.2) is 23.0 Å². The van der Waals surface area contributed by atoms with Gasteiger partial charge in [-0.05, 0) is 18.2 Å². The second-order valence-electron chi connectivity index (χ2n) is 3.63. The molecule has 0 radical (unpaired) electrons. The summed E-state index contributed by atoms with van der Waals surface area (Å²) in [6.07, 6.45) is 2.74. The van der Waals surface area contributed by atoms with E-state index in [4.69, 9.17) is 21.8 Å². The summed E-state index contributed by atoms with van der Waals surface area (Å²) in [6, 6.07) is 3.47. The van der Waals surface area contributed by atoms with E-state index in [1.807, 2.05) is 0 Å². The molecule has 0 saturated carbocycles. The predicted octanol–water partition coefficient (Wildman–Crippen LogP) is 0.871. The summed E-state index contributed by atoms with van der Waals surface area (Å²) in [5.74, 6) is -1.30. The Hall–Kier alpha value is -1.90. The highest BCUT2D eigenvalue weighted by Gasteiger charge is 2.17. The van der Waals surface area contributed by atoms with Crippen molar-refractivity contribution < 1.29 is 18.3 Å². The van der Waals surface area contributed by atoms with Crippen LogP contribution in [0.3, 0.4) is 0 Å². The van der Waals surface area contributed by atoms with E-state index in [1.54, 1.807) is 0 Å². The number of halogens is 1. The first kappa shape index (κ1) is 13.5. The Morgan fingerprint density at radius 3 is 2.58 bits per heavy atom. The first-order chi connectivity index (χ1) is 8.79. The van der Waals surface area contributed by atoms with Crippen molar-refractivity contribution >= 4 is 27.6 Å². The minimum absolute atomic E-state index is 0.187. The molecule has 0 spiro atoms. The maximum atomic E-state index is 11.2. The Morgan fingerprint density at radius 1 is 1.42 bits per heavy atom. The van der Waals surface area contributed by atoms with Gasteiger partial charge in [0, 0.05) is 6.20 Å². The van der Waals surface area contributed by atoms with E-state index in [0.717, 1.165) is 6.07 Å². The zero-order chi connectivity index (χ0) is 14.2. The number of carboxylic acids is 1. The summed E-state index contributed by atoms with van der Waals surface area (Å²) < 4.78 is 23.6. The molecule has 0 fully saturated rings. The number of primary sulfonamides is 1. The second kappa shape index (κ2) is 4.65. The molecule has 19 heavy (non-hydrogen) atoms. The fourth-order valence-corrected chi connectivity index (χ4v) is 2.17. The van der Waals surface area contributed by atoms with Crippen LogP contribution in [0, 0.1) is 0 Å². The summed E-state index contributed by atoms with van der Waals surface area (Å²) in [7, 11) is -3.97. The molecule has 100 valence electrons. The van der Waals surface area contributed by atoms with Crippen molar-refractivity contribution in [1.82, 2.24) is 9.78 Å². The van der Waals surface area contributed by atoms with Gasteiger partial charge in [0.2, 0.25) is 10.0 Å². The van der Waals surface area contributed by atoms with Crippen molar-refractivity contribution in [1.29, 1.82) is 0 Å². The second-order valence-corrected chi connectivity index (χ2v) is 5.63. The van der Waals surface area contributed by atoms with Crippen LogP contribution in [0.25, 0.3) is 5.69 Å². The number of nitrogens with zero attached hydrogens (tertiary/aromatic N) is 2. The number of aromatic carboxylic acids is 1. The number of carbonyl (C=O) groups is 1. The van der Waals surface area contributed by atoms with Gasteiger partial charge in [-0.2, -0.15) is 5.10 Å². The number of nitrogens with two attached hydrogens (primary N) is 1. The molecular formula is C10H8ClN3O4S. The Morgan fingerprint density at radius 2 is 2.11 bits per heavy atom. The van der Waals surface area contributed by atoms with Crippen LogP contribution in [0.15, 0.2) is 35.5 Å². The number of hydrogen-bond donors (Lipinski definition) is 2. The number of sulfonamides is 1. The van der Waals surface area contributed by atoms with Gasteiger partial charge in [-0.1, -0.05) is 11.6 Å². The zero-order valence-electron chi connectivity index (χ0n) is 9.32. The summed E-state index contributed by atoms with van der Waals surface area (Å²) >= 11 is 5.70. The Kier molecular flexibility index (Phi) is 3.31. The van der Waals surface area contributed by atoms with Crippen LogP contribution in [-0.4, -0.2) is 29.3 Å². The lowest BCUT2D eigenvalue weighted by atomic mass is 10.2. The number of benzene rings is 1. The molecular weight excluding hydrogens is 294 g/mol. The molecule has 1 aromatic heterocycles. The minimum Gasteiger partial charge on any atom is -0.478 e. The minimum atomic E-state index is -3.97. The van der Waals surface area contributed by atoms with Gasteiger partial charge in [-0.3, -0.25) is 0 Å². The van der Waals surface area contributed by atoms with E-state index < -0.39 is 16.0 Å². The molecule has 0 saturated heterocycles. The Balaban J connectivity index is 2.66. The van der Waals surface area contributed by atoms with E-state index in [0.29, 0.717) is 5.02 Å². The molecule has 1 heterocycles. The number of aromatic nitrogens is 2. The van der Waals surface area contributed by atoms with Crippen molar-refractivity contribution in [2.45, 2.75) is 4.90 Å². The first-order valence-electron chi connectivity index (χ1n) is 4.90. The molecule has 7 nitrogen and oxygen atoms in total. The molecule has 3 N–H and O–H groups in total. The molecule has 0 atom stereocenters. The maximum Gasteiger partial charge on any atom is 0.337 e. The standard InChI is InChI=1S/C10H8ClN3O4S/c11-6-4-13-14(5-6)9-2-1-7(19(12,17)18)3-8(9)10(15)16/h1-5H,(H,15,16)(H2,12,17,18). The van der Waals surface area contributed by atoms with Gasteiger partial charge in [0.25, 0.3) is 0 Å². The predicted molar refractivity (Wildman–Crippen MR) is 66.9 cm³/mol. The molecule has 1 aromatic carbocycles. The third-order valence-corrected chi connectivity index (χ3v) is 3.43. The van der Waals surface area contributed by atoms with Crippen LogP contribution < -0.4 is 5.14 Å². The maximum absolute atomic E-state index is 11.2. The average molecular weight is 302 g/mol. The highest BCUT2D eigenvalue weighted by Crippen LogP contribution is 2.20. The summed E-state index contributed by atoms with van der Waals surface area (Å²) in [5.41, 5.74) is -0.0573. The largest absolute Gasteiger partial charge is 0.478 e. The van der Waals surface area contributed by atoms with Crippen LogP contribution in [-0.2, 0) is 10.0 Å². The monoisotopic (exact) mass is 301 g/mol. The van der Waals surface area contributed by atoms with Crippen LogP contribution in [0.1, 0.15) is 10.4 Å². The van der Waals surface area contributed by atoms with Gasteiger partial charge < -0.3 is 5.11 Å². The molecule has 0 amide bonds. The third-order valence-electron chi connectivity index (χ3n) is 2.32.